The van der Waals surface area contributed by atoms with Gasteiger partial charge in [0.2, 0.25) is 0 Å². The molecule has 6 heteroatoms. The van der Waals surface area contributed by atoms with Gasteiger partial charge in [0.25, 0.3) is 5.91 Å². The zero-order chi connectivity index (χ0) is 16.4. The van der Waals surface area contributed by atoms with Gasteiger partial charge in [-0.25, -0.2) is 0 Å². The van der Waals surface area contributed by atoms with Crippen molar-refractivity contribution >= 4 is 17.5 Å². The van der Waals surface area contributed by atoms with Crippen molar-refractivity contribution in [3.8, 4) is 11.3 Å². The summed E-state index contributed by atoms with van der Waals surface area (Å²) in [6.07, 6.45) is 3.03. The van der Waals surface area contributed by atoms with Gasteiger partial charge < -0.3 is 15.2 Å². The molecule has 1 aliphatic rings. The number of rotatable bonds is 3. The summed E-state index contributed by atoms with van der Waals surface area (Å²) in [5, 5.41) is 4.59. The molecule has 1 saturated heterocycles. The second kappa shape index (κ2) is 6.72. The minimum Gasteiger partial charge on any atom is -0.355 e. The summed E-state index contributed by atoms with van der Waals surface area (Å²) in [6.45, 7) is 2.66. The van der Waals surface area contributed by atoms with Crippen LogP contribution in [0.5, 0.6) is 0 Å². The van der Waals surface area contributed by atoms with E-state index < -0.39 is 0 Å². The summed E-state index contributed by atoms with van der Waals surface area (Å²) in [7, 11) is 0. The number of carbonyl (C=O) groups excluding carboxylic acids is 1. The average molecular weight is 334 g/mol. The second-order valence-electron chi connectivity index (χ2n) is 6.00. The highest BCUT2D eigenvalue weighted by Gasteiger charge is 2.31. The van der Waals surface area contributed by atoms with Crippen LogP contribution in [0.15, 0.2) is 34.9 Å². The first-order valence-corrected chi connectivity index (χ1v) is 8.23. The monoisotopic (exact) mass is 333 g/mol. The van der Waals surface area contributed by atoms with Crippen LogP contribution in [0.1, 0.15) is 36.7 Å². The van der Waals surface area contributed by atoms with Crippen LogP contribution in [0, 0.1) is 0 Å². The second-order valence-corrected chi connectivity index (χ2v) is 6.44. The topological polar surface area (TPSA) is 72.4 Å². The van der Waals surface area contributed by atoms with E-state index in [1.54, 1.807) is 18.2 Å². The molecular formula is C17H20ClN3O2. The van der Waals surface area contributed by atoms with Crippen molar-refractivity contribution in [3.05, 3.63) is 41.0 Å². The van der Waals surface area contributed by atoms with Crippen LogP contribution in [0.25, 0.3) is 11.3 Å². The van der Waals surface area contributed by atoms with Gasteiger partial charge >= 0.3 is 0 Å². The molecule has 1 amide bonds. The van der Waals surface area contributed by atoms with E-state index in [2.05, 4.69) is 5.16 Å². The predicted octanol–water partition coefficient (Wildman–Crippen LogP) is 3.34. The fourth-order valence-electron chi connectivity index (χ4n) is 3.03. The Morgan fingerprint density at radius 2 is 2.13 bits per heavy atom. The summed E-state index contributed by atoms with van der Waals surface area (Å²) in [6, 6.07) is 8.91. The van der Waals surface area contributed by atoms with Gasteiger partial charge in [-0.05, 0) is 50.5 Å². The standard InChI is InChI=1S/C17H20ClN3O2/c1-11(19)15-4-2-3-9-21(15)17(22)14-10-16(23-20-14)12-5-7-13(18)8-6-12/h5-8,10-11,15H,2-4,9,19H2,1H3. The minimum absolute atomic E-state index is 0.0538. The van der Waals surface area contributed by atoms with Crippen molar-refractivity contribution < 1.29 is 9.32 Å². The van der Waals surface area contributed by atoms with Crippen LogP contribution in [0.4, 0.5) is 0 Å². The molecule has 2 N–H and O–H groups in total. The molecule has 0 spiro atoms. The molecular weight excluding hydrogens is 314 g/mol. The van der Waals surface area contributed by atoms with Crippen LogP contribution in [-0.4, -0.2) is 34.6 Å². The maximum absolute atomic E-state index is 12.7. The van der Waals surface area contributed by atoms with Gasteiger partial charge in [-0.1, -0.05) is 16.8 Å². The van der Waals surface area contributed by atoms with Crippen LogP contribution < -0.4 is 5.73 Å². The van der Waals surface area contributed by atoms with Crippen molar-refractivity contribution in [1.29, 1.82) is 0 Å². The maximum Gasteiger partial charge on any atom is 0.276 e. The highest BCUT2D eigenvalue weighted by molar-refractivity contribution is 6.30. The molecule has 23 heavy (non-hydrogen) atoms. The van der Waals surface area contributed by atoms with Crippen molar-refractivity contribution in [3.63, 3.8) is 0 Å². The number of halogens is 1. The number of likely N-dealkylation sites (tertiary alicyclic amines) is 1. The van der Waals surface area contributed by atoms with E-state index in [1.807, 2.05) is 24.0 Å². The third-order valence-electron chi connectivity index (χ3n) is 4.28. The number of nitrogens with two attached hydrogens (primary N) is 1. The quantitative estimate of drug-likeness (QED) is 0.935. The SMILES string of the molecule is CC(N)C1CCCCN1C(=O)c1cc(-c2ccc(Cl)cc2)on1. The third-order valence-corrected chi connectivity index (χ3v) is 4.53. The van der Waals surface area contributed by atoms with E-state index >= 15 is 0 Å². The van der Waals surface area contributed by atoms with E-state index in [0.717, 1.165) is 24.8 Å². The number of carbonyl (C=O) groups is 1. The van der Waals surface area contributed by atoms with Gasteiger partial charge in [0.15, 0.2) is 11.5 Å². The lowest BCUT2D eigenvalue weighted by Gasteiger charge is -2.37. The van der Waals surface area contributed by atoms with E-state index in [-0.39, 0.29) is 18.0 Å². The van der Waals surface area contributed by atoms with E-state index in [4.69, 9.17) is 21.9 Å². The zero-order valence-corrected chi connectivity index (χ0v) is 13.8. The molecule has 2 aromatic rings. The number of amides is 1. The van der Waals surface area contributed by atoms with Gasteiger partial charge in [-0.2, -0.15) is 0 Å². The lowest BCUT2D eigenvalue weighted by atomic mass is 9.96. The molecule has 0 radical (unpaired) electrons. The minimum atomic E-state index is -0.115. The number of hydrogen-bond acceptors (Lipinski definition) is 4. The van der Waals surface area contributed by atoms with Crippen LogP contribution >= 0.6 is 11.6 Å². The number of nitrogens with zero attached hydrogens (tertiary/aromatic N) is 2. The first-order valence-electron chi connectivity index (χ1n) is 7.85. The molecule has 0 aliphatic carbocycles. The maximum atomic E-state index is 12.7. The fraction of sp³-hybridized carbons (Fsp3) is 0.412. The summed E-state index contributed by atoms with van der Waals surface area (Å²) in [5.41, 5.74) is 7.19. The Hall–Kier alpha value is -1.85. The van der Waals surface area contributed by atoms with Crippen molar-refractivity contribution in [2.45, 2.75) is 38.3 Å². The van der Waals surface area contributed by atoms with E-state index in [9.17, 15) is 4.79 Å². The molecule has 0 bridgehead atoms. The number of piperidine rings is 1. The van der Waals surface area contributed by atoms with Gasteiger partial charge in [-0.15, -0.1) is 0 Å². The molecule has 0 saturated carbocycles. The molecule has 122 valence electrons. The Morgan fingerprint density at radius 1 is 1.39 bits per heavy atom. The largest absolute Gasteiger partial charge is 0.355 e. The van der Waals surface area contributed by atoms with Gasteiger partial charge in [0.05, 0.1) is 0 Å². The summed E-state index contributed by atoms with van der Waals surface area (Å²) >= 11 is 5.88. The molecule has 2 atom stereocenters. The molecule has 1 aliphatic heterocycles. The average Bonchev–Trinajstić information content (AvgIpc) is 3.04. The van der Waals surface area contributed by atoms with E-state index in [0.29, 0.717) is 23.0 Å². The van der Waals surface area contributed by atoms with Crippen molar-refractivity contribution in [1.82, 2.24) is 10.1 Å². The molecule has 1 aromatic carbocycles. The molecule has 3 rings (SSSR count). The molecule has 1 fully saturated rings. The Bertz CT molecular complexity index is 681. The highest BCUT2D eigenvalue weighted by Crippen LogP contribution is 2.25. The fourth-order valence-corrected chi connectivity index (χ4v) is 3.16. The van der Waals surface area contributed by atoms with E-state index in [1.165, 1.54) is 0 Å². The normalized spacial score (nSPS) is 19.6. The van der Waals surface area contributed by atoms with Crippen LogP contribution in [-0.2, 0) is 0 Å². The van der Waals surface area contributed by atoms with Crippen molar-refractivity contribution in [2.75, 3.05) is 6.54 Å². The van der Waals surface area contributed by atoms with Gasteiger partial charge in [0.1, 0.15) is 0 Å². The lowest BCUT2D eigenvalue weighted by molar-refractivity contribution is 0.0573. The molecule has 2 unspecified atom stereocenters. The van der Waals surface area contributed by atoms with Gasteiger partial charge in [0, 0.05) is 35.3 Å². The Labute approximate surface area is 140 Å². The Balaban J connectivity index is 1.81. The number of hydrogen-bond donors (Lipinski definition) is 1. The van der Waals surface area contributed by atoms with Gasteiger partial charge in [-0.3, -0.25) is 4.79 Å². The smallest absolute Gasteiger partial charge is 0.276 e. The lowest BCUT2D eigenvalue weighted by Crippen LogP contribution is -2.51. The van der Waals surface area contributed by atoms with Crippen LogP contribution in [0.2, 0.25) is 5.02 Å². The predicted molar refractivity (Wildman–Crippen MR) is 89.3 cm³/mol. The molecule has 5 nitrogen and oxygen atoms in total. The van der Waals surface area contributed by atoms with Crippen LogP contribution in [0.3, 0.4) is 0 Å². The number of benzene rings is 1. The summed E-state index contributed by atoms with van der Waals surface area (Å²) < 4.78 is 5.33. The first-order chi connectivity index (χ1) is 11.1. The summed E-state index contributed by atoms with van der Waals surface area (Å²) in [5.74, 6) is 0.440. The zero-order valence-electron chi connectivity index (χ0n) is 13.0. The Morgan fingerprint density at radius 3 is 2.83 bits per heavy atom. The summed E-state index contributed by atoms with van der Waals surface area (Å²) in [4.78, 5) is 14.6. The third kappa shape index (κ3) is 3.41. The molecule has 1 aromatic heterocycles. The molecule has 2 heterocycles. The highest BCUT2D eigenvalue weighted by atomic mass is 35.5. The number of aromatic nitrogens is 1. The first kappa shape index (κ1) is 16.0. The van der Waals surface area contributed by atoms with Crippen molar-refractivity contribution in [2.24, 2.45) is 5.73 Å². The Kier molecular flexibility index (Phi) is 4.68.